The standard InChI is InChI=1S/C21H24N2O4S2/c1-3-15-5-4-6-16(11-15)22-20(24)9-10-29(26,27)17-7-8-19-18(12-17)23-21(25)14(2)13-28-19/h4-8,11-12,14H,3,9-10,13H2,1-2H3,(H,22,24)(H,23,25)/t14-/m0/s1. The molecule has 154 valence electrons. The second kappa shape index (κ2) is 9.00. The van der Waals surface area contributed by atoms with Crippen molar-refractivity contribution in [3.63, 3.8) is 0 Å². The molecule has 2 N–H and O–H groups in total. The van der Waals surface area contributed by atoms with Crippen molar-refractivity contribution in [1.29, 1.82) is 0 Å². The fraction of sp³-hybridized carbons (Fsp3) is 0.333. The van der Waals surface area contributed by atoms with E-state index in [-0.39, 0.29) is 34.8 Å². The van der Waals surface area contributed by atoms with Crippen molar-refractivity contribution in [2.75, 3.05) is 22.1 Å². The van der Waals surface area contributed by atoms with Crippen molar-refractivity contribution in [1.82, 2.24) is 0 Å². The van der Waals surface area contributed by atoms with E-state index in [0.717, 1.165) is 16.9 Å². The molecule has 1 aliphatic rings. The molecule has 0 fully saturated rings. The number of sulfone groups is 1. The molecule has 0 bridgehead atoms. The van der Waals surface area contributed by atoms with Crippen molar-refractivity contribution >= 4 is 44.8 Å². The molecular weight excluding hydrogens is 408 g/mol. The summed E-state index contributed by atoms with van der Waals surface area (Å²) in [5.74, 6) is -0.288. The lowest BCUT2D eigenvalue weighted by Gasteiger charge is -2.11. The molecule has 0 unspecified atom stereocenters. The minimum absolute atomic E-state index is 0.104. The summed E-state index contributed by atoms with van der Waals surface area (Å²) < 4.78 is 25.4. The molecule has 2 aromatic carbocycles. The number of hydrogen-bond acceptors (Lipinski definition) is 5. The van der Waals surface area contributed by atoms with Gasteiger partial charge in [0.15, 0.2) is 9.84 Å². The van der Waals surface area contributed by atoms with Gasteiger partial charge in [0.05, 0.1) is 16.3 Å². The SMILES string of the molecule is CCc1cccc(NC(=O)CCS(=O)(=O)c2ccc3c(c2)NC(=O)[C@@H](C)CS3)c1. The average Bonchev–Trinajstić information content (AvgIpc) is 2.84. The highest BCUT2D eigenvalue weighted by Crippen LogP contribution is 2.34. The van der Waals surface area contributed by atoms with Gasteiger partial charge in [0.25, 0.3) is 0 Å². The first-order valence-electron chi connectivity index (χ1n) is 9.48. The predicted molar refractivity (Wildman–Crippen MR) is 116 cm³/mol. The van der Waals surface area contributed by atoms with Gasteiger partial charge in [-0.1, -0.05) is 26.0 Å². The van der Waals surface area contributed by atoms with Gasteiger partial charge in [0.1, 0.15) is 0 Å². The quantitative estimate of drug-likeness (QED) is 0.726. The van der Waals surface area contributed by atoms with E-state index in [2.05, 4.69) is 10.6 Å². The smallest absolute Gasteiger partial charge is 0.228 e. The van der Waals surface area contributed by atoms with Crippen LogP contribution in [0, 0.1) is 5.92 Å². The second-order valence-corrected chi connectivity index (χ2v) is 10.2. The molecule has 1 atom stereocenters. The van der Waals surface area contributed by atoms with Gasteiger partial charge in [-0.05, 0) is 42.3 Å². The van der Waals surface area contributed by atoms with Gasteiger partial charge in [-0.15, -0.1) is 11.8 Å². The maximum absolute atomic E-state index is 12.7. The van der Waals surface area contributed by atoms with Crippen LogP contribution in [0.4, 0.5) is 11.4 Å². The zero-order chi connectivity index (χ0) is 21.0. The minimum Gasteiger partial charge on any atom is -0.326 e. The molecule has 0 radical (unpaired) electrons. The Morgan fingerprint density at radius 1 is 1.24 bits per heavy atom. The Balaban J connectivity index is 1.67. The molecule has 0 spiro atoms. The number of nitrogens with one attached hydrogen (secondary N) is 2. The number of benzene rings is 2. The van der Waals surface area contributed by atoms with Crippen LogP contribution in [0.5, 0.6) is 0 Å². The van der Waals surface area contributed by atoms with Crippen LogP contribution in [0.3, 0.4) is 0 Å². The molecule has 3 rings (SSSR count). The summed E-state index contributed by atoms with van der Waals surface area (Å²) >= 11 is 1.52. The van der Waals surface area contributed by atoms with Gasteiger partial charge in [-0.2, -0.15) is 0 Å². The monoisotopic (exact) mass is 432 g/mol. The highest BCUT2D eigenvalue weighted by molar-refractivity contribution is 7.99. The van der Waals surface area contributed by atoms with Gasteiger partial charge in [0, 0.05) is 28.7 Å². The van der Waals surface area contributed by atoms with Crippen LogP contribution in [-0.2, 0) is 25.8 Å². The number of carbonyl (C=O) groups is 2. The normalized spacial score (nSPS) is 16.5. The number of amides is 2. The van der Waals surface area contributed by atoms with E-state index < -0.39 is 9.84 Å². The average molecular weight is 433 g/mol. The first-order valence-corrected chi connectivity index (χ1v) is 12.1. The largest absolute Gasteiger partial charge is 0.326 e. The van der Waals surface area contributed by atoms with E-state index >= 15 is 0 Å². The number of carbonyl (C=O) groups excluding carboxylic acids is 2. The maximum Gasteiger partial charge on any atom is 0.228 e. The number of rotatable bonds is 6. The highest BCUT2D eigenvalue weighted by atomic mass is 32.2. The third kappa shape index (κ3) is 5.39. The molecule has 0 aromatic heterocycles. The Morgan fingerprint density at radius 3 is 2.79 bits per heavy atom. The molecule has 1 aliphatic heterocycles. The van der Waals surface area contributed by atoms with Crippen molar-refractivity contribution < 1.29 is 18.0 Å². The molecule has 0 saturated carbocycles. The predicted octanol–water partition coefficient (Wildman–Crippen LogP) is 3.73. The lowest BCUT2D eigenvalue weighted by Crippen LogP contribution is -2.20. The summed E-state index contributed by atoms with van der Waals surface area (Å²) in [5.41, 5.74) is 2.26. The van der Waals surface area contributed by atoms with E-state index in [1.807, 2.05) is 32.0 Å². The van der Waals surface area contributed by atoms with Crippen LogP contribution >= 0.6 is 11.8 Å². The number of anilines is 2. The van der Waals surface area contributed by atoms with Gasteiger partial charge >= 0.3 is 0 Å². The third-order valence-corrected chi connectivity index (χ3v) is 7.77. The fourth-order valence-corrected chi connectivity index (χ4v) is 5.18. The van der Waals surface area contributed by atoms with Gasteiger partial charge in [-0.3, -0.25) is 9.59 Å². The maximum atomic E-state index is 12.7. The first kappa shape index (κ1) is 21.4. The van der Waals surface area contributed by atoms with Crippen LogP contribution in [-0.4, -0.2) is 31.7 Å². The van der Waals surface area contributed by atoms with Crippen LogP contribution in [0.25, 0.3) is 0 Å². The zero-order valence-corrected chi connectivity index (χ0v) is 18.0. The van der Waals surface area contributed by atoms with Gasteiger partial charge in [-0.25, -0.2) is 8.42 Å². The van der Waals surface area contributed by atoms with E-state index in [9.17, 15) is 18.0 Å². The van der Waals surface area contributed by atoms with Crippen LogP contribution < -0.4 is 10.6 Å². The summed E-state index contributed by atoms with van der Waals surface area (Å²) in [6.07, 6.45) is 0.706. The van der Waals surface area contributed by atoms with Crippen molar-refractivity contribution in [2.24, 2.45) is 5.92 Å². The number of fused-ring (bicyclic) bond motifs is 1. The van der Waals surface area contributed by atoms with E-state index in [4.69, 9.17) is 0 Å². The van der Waals surface area contributed by atoms with E-state index in [1.165, 1.54) is 23.9 Å². The highest BCUT2D eigenvalue weighted by Gasteiger charge is 2.23. The Kier molecular flexibility index (Phi) is 6.64. The van der Waals surface area contributed by atoms with Gasteiger partial charge < -0.3 is 10.6 Å². The molecule has 2 amide bonds. The Bertz CT molecular complexity index is 1030. The minimum atomic E-state index is -3.66. The Morgan fingerprint density at radius 2 is 2.03 bits per heavy atom. The zero-order valence-electron chi connectivity index (χ0n) is 16.4. The molecule has 2 aromatic rings. The van der Waals surface area contributed by atoms with Crippen molar-refractivity contribution in [3.05, 3.63) is 48.0 Å². The Labute approximate surface area is 175 Å². The summed E-state index contributed by atoms with van der Waals surface area (Å²) in [6.45, 7) is 3.86. The molecule has 6 nitrogen and oxygen atoms in total. The van der Waals surface area contributed by atoms with Crippen LogP contribution in [0.1, 0.15) is 25.8 Å². The number of hydrogen-bond donors (Lipinski definition) is 2. The topological polar surface area (TPSA) is 92.3 Å². The molecule has 1 heterocycles. The molecule has 8 heteroatoms. The van der Waals surface area contributed by atoms with Crippen LogP contribution in [0.2, 0.25) is 0 Å². The van der Waals surface area contributed by atoms with E-state index in [1.54, 1.807) is 12.1 Å². The molecule has 0 saturated heterocycles. The lowest BCUT2D eigenvalue weighted by atomic mass is 10.1. The second-order valence-electron chi connectivity index (χ2n) is 7.03. The molecular formula is C21H24N2O4S2. The number of aryl methyl sites for hydroxylation is 1. The lowest BCUT2D eigenvalue weighted by molar-refractivity contribution is -0.118. The van der Waals surface area contributed by atoms with Crippen molar-refractivity contribution in [2.45, 2.75) is 36.5 Å². The third-order valence-electron chi connectivity index (χ3n) is 4.72. The Hall–Kier alpha value is -2.32. The number of thioether (sulfide) groups is 1. The molecule has 0 aliphatic carbocycles. The van der Waals surface area contributed by atoms with E-state index in [0.29, 0.717) is 17.1 Å². The summed E-state index contributed by atoms with van der Waals surface area (Å²) in [4.78, 5) is 25.2. The summed E-state index contributed by atoms with van der Waals surface area (Å²) in [6, 6.07) is 12.2. The van der Waals surface area contributed by atoms with Crippen LogP contribution in [0.15, 0.2) is 52.3 Å². The fourth-order valence-electron chi connectivity index (χ4n) is 2.91. The van der Waals surface area contributed by atoms with Crippen molar-refractivity contribution in [3.8, 4) is 0 Å². The molecule has 29 heavy (non-hydrogen) atoms. The summed E-state index contributed by atoms with van der Waals surface area (Å²) in [5, 5.41) is 5.54. The van der Waals surface area contributed by atoms with Gasteiger partial charge in [0.2, 0.25) is 11.8 Å². The first-order chi connectivity index (χ1) is 13.8. The summed E-state index contributed by atoms with van der Waals surface area (Å²) in [7, 11) is -3.66.